The summed E-state index contributed by atoms with van der Waals surface area (Å²) in [5.74, 6) is 6.18. The Morgan fingerprint density at radius 1 is 0.477 bits per heavy atom. The first kappa shape index (κ1) is 80.5. The topological polar surface area (TPSA) is 245 Å². The fraction of sp³-hybridized carbons (Fsp3) is 0.602. The average Bonchev–Trinajstić information content (AvgIpc) is 0.765. The first-order chi connectivity index (χ1) is 51.9. The number of rotatable bonds is 22. The Labute approximate surface area is 668 Å². The summed E-state index contributed by atoms with van der Waals surface area (Å²) in [5.41, 5.74) is 6.95. The third kappa shape index (κ3) is 17.9. The molecule has 5 atom stereocenters. The van der Waals surface area contributed by atoms with Gasteiger partial charge in [-0.05, 0) is 253 Å². The largest absolute Gasteiger partial charge is 0.481 e. The molecule has 9 aliphatic rings. The lowest BCUT2D eigenvalue weighted by Gasteiger charge is -2.53. The van der Waals surface area contributed by atoms with Gasteiger partial charge in [0, 0.05) is 110 Å². The van der Waals surface area contributed by atoms with Gasteiger partial charge in [0.05, 0.1) is 40.7 Å². The highest BCUT2D eigenvalue weighted by atomic mass is 35.5. The third-order valence-electron chi connectivity index (χ3n) is 26.2. The number of hydrogen-bond donors (Lipinski definition) is 6. The van der Waals surface area contributed by atoms with Crippen molar-refractivity contribution in [3.8, 4) is 0 Å². The maximum absolute atomic E-state index is 11.7. The molecule has 6 aromatic rings. The van der Waals surface area contributed by atoms with Crippen molar-refractivity contribution < 1.29 is 29.7 Å². The van der Waals surface area contributed by atoms with E-state index in [4.69, 9.17) is 77.9 Å². The van der Waals surface area contributed by atoms with Crippen LogP contribution in [0, 0.1) is 86.4 Å². The normalized spacial score (nSPS) is 27.3. The molecule has 9 fully saturated rings. The number of anilines is 6. The van der Waals surface area contributed by atoms with Crippen LogP contribution in [0.1, 0.15) is 175 Å². The predicted octanol–water partition coefficient (Wildman–Crippen LogP) is 16.8. The number of carboxylic acids is 3. The number of nitrogens with one attached hydrogen (secondary N) is 3. The summed E-state index contributed by atoms with van der Waals surface area (Å²) in [5, 5.41) is 42.0. The lowest BCUT2D eigenvalue weighted by atomic mass is 9.63. The summed E-state index contributed by atoms with van der Waals surface area (Å²) in [7, 11) is 0. The highest BCUT2D eigenvalue weighted by Gasteiger charge is 2.54. The SMILES string of the molecule is CCC1(C(=O)O)CC(N2CCC[C@H](C3CN(c4ncc(Cl)c(N[C@H](C)c5ccc(C)cc5Cl)n4)C3)C2)C1.Cc1ccc(CNc2nc(N3CC([C@H]4CCCN(C5CC(C)(C(=O)O)C5)C4)C3)ncc2Cl)c(Cl)c1.Cc1ccc([C@@H](C)Nc2nc(N3CC([C@H]4CCCN(C5CC(C)(C(=O)O)C5)C4)C3)nc(C)c2C)c(Cl)c1. The van der Waals surface area contributed by atoms with E-state index in [-0.39, 0.29) is 12.1 Å². The van der Waals surface area contributed by atoms with E-state index in [1.165, 1.54) is 38.5 Å². The molecule has 3 saturated carbocycles. The molecule has 3 aromatic heterocycles. The van der Waals surface area contributed by atoms with Crippen LogP contribution in [0.3, 0.4) is 0 Å². The molecule has 6 N–H and O–H groups in total. The predicted molar refractivity (Wildman–Crippen MR) is 436 cm³/mol. The quantitative estimate of drug-likeness (QED) is 0.0370. The van der Waals surface area contributed by atoms with Gasteiger partial charge < -0.3 is 60.7 Å². The number of carbonyl (C=O) groups is 3. The Balaban J connectivity index is 0.000000144. The van der Waals surface area contributed by atoms with Gasteiger partial charge in [0.1, 0.15) is 15.9 Å². The van der Waals surface area contributed by atoms with Gasteiger partial charge in [-0.3, -0.25) is 14.4 Å². The maximum Gasteiger partial charge on any atom is 0.309 e. The van der Waals surface area contributed by atoms with E-state index >= 15 is 0 Å². The van der Waals surface area contributed by atoms with Gasteiger partial charge in [-0.25, -0.2) is 15.0 Å². The van der Waals surface area contributed by atoms with Crippen LogP contribution in [0.25, 0.3) is 0 Å². The molecule has 0 radical (unpaired) electrons. The maximum atomic E-state index is 11.7. The van der Waals surface area contributed by atoms with Crippen molar-refractivity contribution >= 4 is 111 Å². The smallest absolute Gasteiger partial charge is 0.309 e. The van der Waals surface area contributed by atoms with Crippen LogP contribution in [0.2, 0.25) is 25.1 Å². The fourth-order valence-corrected chi connectivity index (χ4v) is 19.8. The first-order valence-corrected chi connectivity index (χ1v) is 41.4. The summed E-state index contributed by atoms with van der Waals surface area (Å²) in [6.07, 6.45) is 16.1. The van der Waals surface area contributed by atoms with E-state index in [2.05, 4.69) is 94.3 Å². The number of hydrogen-bond acceptors (Lipinski definition) is 18. The second kappa shape index (κ2) is 33.6. The second-order valence-electron chi connectivity index (χ2n) is 34.1. The van der Waals surface area contributed by atoms with Gasteiger partial charge in [0.25, 0.3) is 0 Å². The summed E-state index contributed by atoms with van der Waals surface area (Å²) >= 11 is 32.2. The van der Waals surface area contributed by atoms with Gasteiger partial charge in [-0.15, -0.1) is 0 Å². The number of likely N-dealkylation sites (tertiary alicyclic amines) is 3. The van der Waals surface area contributed by atoms with Gasteiger partial charge in [0.2, 0.25) is 17.8 Å². The zero-order valence-electron chi connectivity index (χ0n) is 64.9. The van der Waals surface area contributed by atoms with Crippen LogP contribution < -0.4 is 30.7 Å². The van der Waals surface area contributed by atoms with Gasteiger partial charge >= 0.3 is 17.9 Å². The molecule has 0 bridgehead atoms. The number of benzene rings is 3. The molecule has 109 heavy (non-hydrogen) atoms. The van der Waals surface area contributed by atoms with Crippen molar-refractivity contribution in [3.63, 3.8) is 0 Å². The molecule has 6 saturated heterocycles. The average molecular weight is 1590 g/mol. The van der Waals surface area contributed by atoms with E-state index in [1.807, 2.05) is 84.9 Å². The van der Waals surface area contributed by atoms with Crippen LogP contribution in [0.5, 0.6) is 0 Å². The van der Waals surface area contributed by atoms with E-state index in [0.717, 1.165) is 195 Å². The third-order valence-corrected chi connectivity index (χ3v) is 27.8. The van der Waals surface area contributed by atoms with Crippen molar-refractivity contribution in [1.29, 1.82) is 0 Å². The molecule has 9 heterocycles. The summed E-state index contributed by atoms with van der Waals surface area (Å²) in [4.78, 5) is 77.3. The van der Waals surface area contributed by atoms with Crippen LogP contribution in [0.4, 0.5) is 35.3 Å². The van der Waals surface area contributed by atoms with Crippen molar-refractivity contribution in [1.82, 2.24) is 44.6 Å². The van der Waals surface area contributed by atoms with E-state index in [9.17, 15) is 29.7 Å². The molecule has 6 aliphatic heterocycles. The zero-order valence-corrected chi connectivity index (χ0v) is 68.7. The van der Waals surface area contributed by atoms with Crippen LogP contribution in [-0.4, -0.2) is 174 Å². The van der Waals surface area contributed by atoms with Crippen molar-refractivity contribution in [3.05, 3.63) is 137 Å². The monoisotopic (exact) mass is 1590 g/mol. The molecular weight excluding hydrogens is 1480 g/mol. The van der Waals surface area contributed by atoms with Crippen LogP contribution >= 0.6 is 58.0 Å². The standard InChI is InChI=1S/C29H40ClN5O2.C28H37Cl2N5O2.C26H33Cl2N5O2/c1-17-8-9-24(25(30)11-17)20(4)31-26-18(2)19(3)32-28(33-26)35-15-22(16-35)21-7-6-10-34(14-21)23-12-29(5,13-23)27(36)37;1-4-28(26(36)37)11-21(12-28)34-9-5-6-19(14-34)20-15-35(16-20)27-31-13-24(30)25(33-27)32-18(3)22-8-7-17(2)10-23(22)29;1-16-5-6-17(21(27)8-16)11-29-23-22(28)12-30-25(31-23)33-14-19(15-33)18-4-3-7-32(13-18)20-9-26(2,10-20)24(34)35/h8-9,11,20-23H,6-7,10,12-16H2,1-5H3,(H,36,37)(H,31,32,33);7-8,10,13,18-21H,4-6,9,11-12,14-16H2,1-3H3,(H,36,37)(H,31,32,33);5-6,8,12,18-20H,3-4,7,9-11,13-15H2,1-2H3,(H,34,35)(H,29,30,31)/t20-,21+,23?,29?;18-,19+,21?,28?;18-,20?,26?/m110/s1. The minimum absolute atomic E-state index is 0.0285. The molecule has 588 valence electrons. The Morgan fingerprint density at radius 2 is 0.862 bits per heavy atom. The van der Waals surface area contributed by atoms with Crippen molar-refractivity contribution in [2.75, 3.05) is 109 Å². The molecule has 3 aromatic carbocycles. The van der Waals surface area contributed by atoms with E-state index in [1.54, 1.807) is 12.4 Å². The number of piperidine rings is 3. The molecule has 26 heteroatoms. The fourth-order valence-electron chi connectivity index (χ4n) is 18.4. The van der Waals surface area contributed by atoms with Crippen LogP contribution in [-0.2, 0) is 20.9 Å². The van der Waals surface area contributed by atoms with E-state index < -0.39 is 34.2 Å². The summed E-state index contributed by atoms with van der Waals surface area (Å²) < 4.78 is 0. The van der Waals surface area contributed by atoms with E-state index in [0.29, 0.717) is 93.8 Å². The Hall–Kier alpha value is -6.56. The summed E-state index contributed by atoms with van der Waals surface area (Å²) in [6.45, 7) is 32.9. The van der Waals surface area contributed by atoms with Gasteiger partial charge in [-0.2, -0.15) is 15.0 Å². The summed E-state index contributed by atoms with van der Waals surface area (Å²) in [6, 6.07) is 19.5. The van der Waals surface area contributed by atoms with Gasteiger partial charge in [0.15, 0.2) is 11.6 Å². The highest BCUT2D eigenvalue weighted by molar-refractivity contribution is 6.33. The Kier molecular flexibility index (Phi) is 24.8. The van der Waals surface area contributed by atoms with Crippen molar-refractivity contribution in [2.45, 2.75) is 189 Å². The Bertz CT molecular complexity index is 4270. The second-order valence-corrected chi connectivity index (χ2v) is 36.1. The molecule has 0 amide bonds. The van der Waals surface area contributed by atoms with Crippen molar-refractivity contribution in [2.24, 2.45) is 51.8 Å². The number of aryl methyl sites for hydroxylation is 4. The first-order valence-electron chi connectivity index (χ1n) is 39.6. The molecule has 21 nitrogen and oxygen atoms in total. The molecule has 0 spiro atoms. The van der Waals surface area contributed by atoms with Gasteiger partial charge in [-0.1, -0.05) is 101 Å². The number of aliphatic carboxylic acids is 3. The molecule has 15 rings (SSSR count). The molecule has 0 unspecified atom stereocenters. The lowest BCUT2D eigenvalue weighted by molar-refractivity contribution is -0.161. The Morgan fingerprint density at radius 3 is 1.28 bits per heavy atom. The number of carboxylic acid groups (broad SMARTS) is 3. The molecule has 3 aliphatic carbocycles. The zero-order chi connectivity index (χ0) is 77.5. The molecular formula is C83H110Cl5N15O6. The number of aromatic nitrogens is 6. The number of nitrogens with zero attached hydrogens (tertiary/aromatic N) is 12. The highest BCUT2D eigenvalue weighted by Crippen LogP contribution is 2.50. The minimum atomic E-state index is -0.657. The van der Waals surface area contributed by atoms with Crippen LogP contribution in [0.15, 0.2) is 67.0 Å². The number of halogens is 5. The lowest BCUT2D eigenvalue weighted by Crippen LogP contribution is -2.59. The minimum Gasteiger partial charge on any atom is -0.481 e.